The Balaban J connectivity index is 1.95. The fourth-order valence-electron chi connectivity index (χ4n) is 4.08. The maximum atomic E-state index is 13.9. The van der Waals surface area contributed by atoms with Crippen molar-refractivity contribution >= 4 is 23.0 Å². The van der Waals surface area contributed by atoms with Crippen LogP contribution >= 0.6 is 0 Å². The summed E-state index contributed by atoms with van der Waals surface area (Å²) in [7, 11) is 4.79. The Morgan fingerprint density at radius 3 is 2.45 bits per heavy atom. The predicted octanol–water partition coefficient (Wildman–Crippen LogP) is 4.79. The zero-order valence-corrected chi connectivity index (χ0v) is 23.7. The van der Waals surface area contributed by atoms with E-state index in [9.17, 15) is 18.0 Å². The lowest BCUT2D eigenvalue weighted by Crippen LogP contribution is -2.27. The van der Waals surface area contributed by atoms with E-state index in [1.54, 1.807) is 43.2 Å². The molecule has 1 aromatic heterocycles. The Bertz CT molecular complexity index is 1410. The number of benzene rings is 2. The first-order valence-corrected chi connectivity index (χ1v) is 12.5. The van der Waals surface area contributed by atoms with Crippen LogP contribution < -0.4 is 26.6 Å². The van der Waals surface area contributed by atoms with Gasteiger partial charge < -0.3 is 15.8 Å². The number of hydrogen-bond donors (Lipinski definition) is 3. The van der Waals surface area contributed by atoms with Gasteiger partial charge in [0.1, 0.15) is 5.75 Å². The first-order valence-electron chi connectivity index (χ1n) is 12.5. The van der Waals surface area contributed by atoms with E-state index in [0.29, 0.717) is 22.5 Å². The van der Waals surface area contributed by atoms with Gasteiger partial charge in [0.05, 0.1) is 30.3 Å². The summed E-state index contributed by atoms with van der Waals surface area (Å²) in [6, 6.07) is 7.26. The normalized spacial score (nSPS) is 12.3. The zero-order valence-electron chi connectivity index (χ0n) is 23.7. The zero-order chi connectivity index (χ0) is 29.9. The highest BCUT2D eigenvalue weighted by atomic mass is 19.4. The third-order valence-electron chi connectivity index (χ3n) is 6.81. The molecule has 0 saturated heterocycles. The highest BCUT2D eigenvalue weighted by Crippen LogP contribution is 2.41. The lowest BCUT2D eigenvalue weighted by Gasteiger charge is -2.24. The van der Waals surface area contributed by atoms with E-state index >= 15 is 0 Å². The van der Waals surface area contributed by atoms with Crippen molar-refractivity contribution < 1.29 is 22.7 Å². The number of carbonyl (C=O) groups is 1. The van der Waals surface area contributed by atoms with Crippen molar-refractivity contribution in [2.24, 2.45) is 18.6 Å². The quantitative estimate of drug-likeness (QED) is 0.255. The molecule has 0 aliphatic carbocycles. The Morgan fingerprint density at radius 2 is 1.90 bits per heavy atom. The minimum Gasteiger partial charge on any atom is -0.496 e. The molecule has 0 aliphatic rings. The number of methoxy groups -OCH3 is 1. The van der Waals surface area contributed by atoms with Gasteiger partial charge in [-0.2, -0.15) is 18.3 Å². The molecular weight excluding hydrogens is 523 g/mol. The highest BCUT2D eigenvalue weighted by molar-refractivity contribution is 6.05. The summed E-state index contributed by atoms with van der Waals surface area (Å²) in [5.74, 6) is 5.40. The van der Waals surface area contributed by atoms with Crippen LogP contribution in [0.4, 0.5) is 24.5 Å². The Labute approximate surface area is 232 Å². The summed E-state index contributed by atoms with van der Waals surface area (Å²) in [6.45, 7) is 7.73. The molecule has 0 saturated carbocycles. The van der Waals surface area contributed by atoms with Crippen LogP contribution in [0.15, 0.2) is 42.7 Å². The number of nitrogens with two attached hydrogens (primary N) is 2. The summed E-state index contributed by atoms with van der Waals surface area (Å²) in [5, 5.41) is 8.08. The van der Waals surface area contributed by atoms with Crippen molar-refractivity contribution in [3.8, 4) is 5.75 Å². The van der Waals surface area contributed by atoms with E-state index in [4.69, 9.17) is 16.3 Å². The van der Waals surface area contributed by atoms with E-state index in [2.05, 4.69) is 10.4 Å². The lowest BCUT2D eigenvalue weighted by atomic mass is 10.0. The largest absolute Gasteiger partial charge is 0.496 e. The number of carbonyl (C=O) groups excluding carboxylic acids is 1. The van der Waals surface area contributed by atoms with Crippen LogP contribution in [-0.4, -0.2) is 40.8 Å². The van der Waals surface area contributed by atoms with Crippen molar-refractivity contribution in [2.45, 2.75) is 46.5 Å². The number of alkyl halides is 3. The van der Waals surface area contributed by atoms with Crippen LogP contribution in [0.25, 0.3) is 5.70 Å². The fraction of sp³-hybridized carbons (Fsp3) is 0.357. The van der Waals surface area contributed by atoms with E-state index in [0.717, 1.165) is 17.3 Å². The molecule has 3 rings (SSSR count). The number of halogens is 3. The summed E-state index contributed by atoms with van der Waals surface area (Å²) >= 11 is 0. The number of nitrogens with one attached hydrogen (secondary N) is 1. The van der Waals surface area contributed by atoms with Gasteiger partial charge in [0.2, 0.25) is 0 Å². The van der Waals surface area contributed by atoms with Crippen LogP contribution in [0.3, 0.4) is 0 Å². The number of aromatic nitrogens is 2. The summed E-state index contributed by atoms with van der Waals surface area (Å²) < 4.78 is 48.7. The number of hydrazine groups is 1. The number of hydrogen-bond acceptors (Lipinski definition) is 7. The number of aryl methyl sites for hydroxylation is 2. The first-order chi connectivity index (χ1) is 18.6. The minimum atomic E-state index is -4.69. The predicted molar refractivity (Wildman–Crippen MR) is 151 cm³/mol. The molecule has 12 heteroatoms. The second kappa shape index (κ2) is 12.0. The molecule has 1 heterocycles. The maximum Gasteiger partial charge on any atom is 0.420 e. The SMILES string of the molecule is COc1c(CN(C)C(C)C)cc(NC(=O)c2ccc(C)c(N(N)/C=C(\N)c3cnn(C)c3C)c2)cc1C(F)(F)F. The van der Waals surface area contributed by atoms with Crippen molar-refractivity contribution in [1.29, 1.82) is 0 Å². The van der Waals surface area contributed by atoms with Crippen molar-refractivity contribution in [2.75, 3.05) is 24.5 Å². The Hall–Kier alpha value is -4.03. The van der Waals surface area contributed by atoms with Gasteiger partial charge in [0, 0.05) is 53.9 Å². The molecule has 2 aromatic carbocycles. The molecule has 0 fully saturated rings. The summed E-state index contributed by atoms with van der Waals surface area (Å²) in [4.78, 5) is 15.1. The van der Waals surface area contributed by atoms with Crippen LogP contribution in [0, 0.1) is 13.8 Å². The van der Waals surface area contributed by atoms with Crippen molar-refractivity contribution in [3.63, 3.8) is 0 Å². The lowest BCUT2D eigenvalue weighted by molar-refractivity contribution is -0.138. The molecule has 9 nitrogen and oxygen atoms in total. The van der Waals surface area contributed by atoms with E-state index in [-0.39, 0.29) is 29.6 Å². The van der Waals surface area contributed by atoms with Gasteiger partial charge >= 0.3 is 6.18 Å². The molecule has 5 N–H and O–H groups in total. The third-order valence-corrected chi connectivity index (χ3v) is 6.81. The number of rotatable bonds is 9. The molecule has 3 aromatic rings. The second-order valence-electron chi connectivity index (χ2n) is 9.94. The van der Waals surface area contributed by atoms with E-state index in [1.807, 2.05) is 32.6 Å². The summed E-state index contributed by atoms with van der Waals surface area (Å²) in [5.41, 5.74) is 8.95. The highest BCUT2D eigenvalue weighted by Gasteiger charge is 2.36. The van der Waals surface area contributed by atoms with Crippen LogP contribution in [-0.2, 0) is 19.8 Å². The van der Waals surface area contributed by atoms with Gasteiger partial charge in [-0.3, -0.25) is 19.4 Å². The van der Waals surface area contributed by atoms with E-state index in [1.165, 1.54) is 24.4 Å². The molecule has 0 atom stereocenters. The molecule has 216 valence electrons. The Morgan fingerprint density at radius 1 is 1.23 bits per heavy atom. The molecule has 0 radical (unpaired) electrons. The fourth-order valence-corrected chi connectivity index (χ4v) is 4.08. The average Bonchev–Trinajstić information content (AvgIpc) is 3.21. The monoisotopic (exact) mass is 559 g/mol. The number of amides is 1. The topological polar surface area (TPSA) is 115 Å². The van der Waals surface area contributed by atoms with Gasteiger partial charge in [-0.25, -0.2) is 5.84 Å². The molecular formula is C28H36F3N7O2. The maximum absolute atomic E-state index is 13.9. The number of ether oxygens (including phenoxy) is 1. The minimum absolute atomic E-state index is 0.00629. The number of anilines is 2. The molecule has 40 heavy (non-hydrogen) atoms. The van der Waals surface area contributed by atoms with E-state index < -0.39 is 17.6 Å². The van der Waals surface area contributed by atoms with Gasteiger partial charge in [-0.05, 0) is 64.6 Å². The van der Waals surface area contributed by atoms with Gasteiger partial charge in [-0.15, -0.1) is 0 Å². The second-order valence-corrected chi connectivity index (χ2v) is 9.94. The summed E-state index contributed by atoms with van der Waals surface area (Å²) in [6.07, 6.45) is -1.54. The number of nitrogens with zero attached hydrogens (tertiary/aromatic N) is 4. The standard InChI is InChI=1S/C28H36F3N7O2/c1-16(2)36(5)14-20-10-21(12-23(26(20)40-7)28(29,30)31)35-27(39)19-9-8-17(3)25(11-19)38(33)15-24(32)22-13-34-37(6)18(22)4/h8-13,15-16H,14,32-33H2,1-7H3,(H,35,39)/b24-15-. The molecule has 0 aliphatic heterocycles. The molecule has 0 bridgehead atoms. The van der Waals surface area contributed by atoms with Crippen LogP contribution in [0.2, 0.25) is 0 Å². The van der Waals surface area contributed by atoms with Crippen LogP contribution in [0.5, 0.6) is 5.75 Å². The van der Waals surface area contributed by atoms with Crippen LogP contribution in [0.1, 0.15) is 52.2 Å². The molecule has 0 unspecified atom stereocenters. The van der Waals surface area contributed by atoms with Crippen molar-refractivity contribution in [3.05, 3.63) is 76.2 Å². The Kier molecular flexibility index (Phi) is 9.16. The van der Waals surface area contributed by atoms with Crippen molar-refractivity contribution in [1.82, 2.24) is 14.7 Å². The van der Waals surface area contributed by atoms with Gasteiger partial charge in [-0.1, -0.05) is 6.07 Å². The molecule has 1 amide bonds. The molecule has 0 spiro atoms. The smallest absolute Gasteiger partial charge is 0.420 e. The van der Waals surface area contributed by atoms with Gasteiger partial charge in [0.15, 0.2) is 0 Å². The van der Waals surface area contributed by atoms with Gasteiger partial charge in [0.25, 0.3) is 5.91 Å². The average molecular weight is 560 g/mol. The third kappa shape index (κ3) is 6.75. The first kappa shape index (κ1) is 30.5.